The highest BCUT2D eigenvalue weighted by molar-refractivity contribution is 7.85. The van der Waals surface area contributed by atoms with Crippen LogP contribution in [0.4, 0.5) is 0 Å². The lowest BCUT2D eigenvalue weighted by Gasteiger charge is -2.28. The van der Waals surface area contributed by atoms with Crippen LogP contribution in [0.15, 0.2) is 12.2 Å². The summed E-state index contributed by atoms with van der Waals surface area (Å²) >= 11 is 0. The molecule has 0 radical (unpaired) electrons. The van der Waals surface area contributed by atoms with Crippen LogP contribution in [0, 0.1) is 5.92 Å². The molecule has 1 atom stereocenters. The molecule has 2 aliphatic heterocycles. The molecule has 0 aromatic rings. The molecule has 0 bridgehead atoms. The molecular weight excluding hydrogens is 640 g/mol. The Bertz CT molecular complexity index is 1320. The van der Waals surface area contributed by atoms with Gasteiger partial charge in [-0.25, -0.2) is 4.79 Å². The Labute approximate surface area is 274 Å². The van der Waals surface area contributed by atoms with Gasteiger partial charge in [0.05, 0.1) is 27.2 Å². The zero-order chi connectivity index (χ0) is 35.2. The molecule has 1 saturated heterocycles. The Kier molecular flexibility index (Phi) is 15.5. The van der Waals surface area contributed by atoms with E-state index < -0.39 is 57.4 Å². The molecule has 1 fully saturated rings. The van der Waals surface area contributed by atoms with Gasteiger partial charge in [0.15, 0.2) is 0 Å². The van der Waals surface area contributed by atoms with E-state index in [4.69, 9.17) is 9.39 Å². The molecule has 2 heterocycles. The Morgan fingerprint density at radius 2 is 1.47 bits per heavy atom. The number of hydroxylamine groups is 2. The molecule has 2 rings (SSSR count). The topological polar surface area (TPSA) is 219 Å². The number of nitrogens with one attached hydrogen (secondary N) is 1. The number of carbonyl (C=O) groups is 8. The first-order valence-electron chi connectivity index (χ1n) is 15.7. The summed E-state index contributed by atoms with van der Waals surface area (Å²) in [4.78, 5) is 102. The van der Waals surface area contributed by atoms with Crippen LogP contribution in [-0.4, -0.2) is 114 Å². The van der Waals surface area contributed by atoms with Crippen molar-refractivity contribution in [2.45, 2.75) is 83.5 Å². The zero-order valence-corrected chi connectivity index (χ0v) is 27.8. The normalized spacial score (nSPS) is 15.8. The van der Waals surface area contributed by atoms with Crippen LogP contribution in [-0.2, 0) is 53.3 Å². The smallest absolute Gasteiger partial charge is 0.333 e. The minimum Gasteiger partial charge on any atom is -0.350 e. The lowest BCUT2D eigenvalue weighted by molar-refractivity contribution is -0.877. The third-order valence-electron chi connectivity index (χ3n) is 7.66. The SMILES string of the molecule is C[N+](C)(CCNC(=O)C(CCCCCC(=O)CCCN1C(=O)C=CC1=O)CC(=O)CCCC(=O)ON1C(=O)CCC1=O)CS(=O)(=O)O. The fraction of sp³-hybridized carbons (Fsp3) is 0.667. The van der Waals surface area contributed by atoms with E-state index in [9.17, 15) is 46.8 Å². The van der Waals surface area contributed by atoms with Crippen LogP contribution in [0.3, 0.4) is 0 Å². The molecule has 2 N–H and O–H groups in total. The molecule has 0 aromatic carbocycles. The van der Waals surface area contributed by atoms with E-state index in [1.165, 1.54) is 12.2 Å². The molecule has 1 unspecified atom stereocenters. The summed E-state index contributed by atoms with van der Waals surface area (Å²) in [5.41, 5.74) is 0. The quantitative estimate of drug-likeness (QED) is 0.0654. The second-order valence-corrected chi connectivity index (χ2v) is 13.8. The fourth-order valence-electron chi connectivity index (χ4n) is 5.17. The predicted molar refractivity (Wildman–Crippen MR) is 164 cm³/mol. The van der Waals surface area contributed by atoms with Gasteiger partial charge in [0.1, 0.15) is 11.6 Å². The number of Topliss-reactive ketones (excluding diaryl/α,β-unsaturated/α-hetero) is 2. The van der Waals surface area contributed by atoms with Gasteiger partial charge in [-0.3, -0.25) is 43.0 Å². The van der Waals surface area contributed by atoms with Crippen molar-refractivity contribution in [3.05, 3.63) is 12.2 Å². The summed E-state index contributed by atoms with van der Waals surface area (Å²) in [5, 5.41) is 3.16. The van der Waals surface area contributed by atoms with Gasteiger partial charge in [-0.2, -0.15) is 8.42 Å². The molecular formula is C30H45N4O12S+. The van der Waals surface area contributed by atoms with Crippen molar-refractivity contribution in [1.82, 2.24) is 15.3 Å². The van der Waals surface area contributed by atoms with Gasteiger partial charge in [-0.05, 0) is 25.7 Å². The Hall–Kier alpha value is -3.83. The van der Waals surface area contributed by atoms with Gasteiger partial charge in [-0.1, -0.05) is 12.8 Å². The molecule has 0 aromatic heterocycles. The number of likely N-dealkylation sites (N-methyl/N-ethyl adjacent to an activating group) is 1. The van der Waals surface area contributed by atoms with Gasteiger partial charge < -0.3 is 14.6 Å². The van der Waals surface area contributed by atoms with Gasteiger partial charge in [0.25, 0.3) is 23.6 Å². The van der Waals surface area contributed by atoms with Crippen molar-refractivity contribution in [3.8, 4) is 0 Å². The van der Waals surface area contributed by atoms with Crippen LogP contribution in [0.5, 0.6) is 0 Å². The minimum atomic E-state index is -4.24. The van der Waals surface area contributed by atoms with E-state index in [0.717, 1.165) is 4.90 Å². The lowest BCUT2D eigenvalue weighted by atomic mass is 9.92. The van der Waals surface area contributed by atoms with E-state index in [-0.39, 0.29) is 80.6 Å². The number of ketones is 2. The van der Waals surface area contributed by atoms with Crippen molar-refractivity contribution in [2.75, 3.05) is 39.6 Å². The molecule has 16 nitrogen and oxygen atoms in total. The summed E-state index contributed by atoms with van der Waals surface area (Å²) in [5.74, 6) is -4.79. The number of hydrogen-bond donors (Lipinski definition) is 2. The number of imide groups is 2. The molecule has 262 valence electrons. The maximum atomic E-state index is 13.0. The Morgan fingerprint density at radius 1 is 0.872 bits per heavy atom. The van der Waals surface area contributed by atoms with Gasteiger partial charge in [-0.15, -0.1) is 5.06 Å². The summed E-state index contributed by atoms with van der Waals surface area (Å²) in [7, 11) is -1.09. The van der Waals surface area contributed by atoms with Crippen molar-refractivity contribution in [1.29, 1.82) is 0 Å². The van der Waals surface area contributed by atoms with Crippen LogP contribution in [0.2, 0.25) is 0 Å². The van der Waals surface area contributed by atoms with Crippen molar-refractivity contribution < 1.29 is 60.6 Å². The van der Waals surface area contributed by atoms with E-state index in [0.29, 0.717) is 43.6 Å². The van der Waals surface area contributed by atoms with Crippen molar-refractivity contribution >= 4 is 57.2 Å². The fourth-order valence-corrected chi connectivity index (χ4v) is 6.18. The number of quaternary nitrogens is 1. The van der Waals surface area contributed by atoms with E-state index in [1.54, 1.807) is 14.1 Å². The average Bonchev–Trinajstić information content (AvgIpc) is 3.45. The number of carbonyl (C=O) groups excluding carboxylic acids is 8. The standard InChI is InChI=1S/C30H44N4O12S/c1-34(2,21-47(43,44)45)19-17-31-30(42)22(20-24(36)10-6-12-29(41)46-33-27(39)15-16-28(33)40)8-4-3-5-9-23(35)11-7-18-32-25(37)13-14-26(32)38/h13-14,22H,3-12,15-21H2,1-2H3,(H-,31,42,43,44,45)/p+1. The number of unbranched alkanes of at least 4 members (excludes halogenated alkanes) is 2. The molecule has 47 heavy (non-hydrogen) atoms. The Morgan fingerprint density at radius 3 is 2.09 bits per heavy atom. The second-order valence-electron chi connectivity index (χ2n) is 12.4. The molecule has 0 saturated carbocycles. The maximum Gasteiger partial charge on any atom is 0.333 e. The highest BCUT2D eigenvalue weighted by Gasteiger charge is 2.33. The summed E-state index contributed by atoms with van der Waals surface area (Å²) < 4.78 is 31.6. The van der Waals surface area contributed by atoms with Crippen LogP contribution in [0.25, 0.3) is 0 Å². The van der Waals surface area contributed by atoms with Crippen LogP contribution in [0.1, 0.15) is 83.5 Å². The highest BCUT2D eigenvalue weighted by Crippen LogP contribution is 2.19. The van der Waals surface area contributed by atoms with Crippen molar-refractivity contribution in [2.24, 2.45) is 5.92 Å². The second kappa shape index (κ2) is 18.5. The van der Waals surface area contributed by atoms with Gasteiger partial charge in [0.2, 0.25) is 11.8 Å². The number of rotatable bonds is 23. The average molecular weight is 686 g/mol. The number of amides is 5. The third kappa shape index (κ3) is 15.1. The number of hydrogen-bond acceptors (Lipinski definition) is 11. The van der Waals surface area contributed by atoms with E-state index >= 15 is 0 Å². The first-order valence-corrected chi connectivity index (χ1v) is 17.3. The lowest BCUT2D eigenvalue weighted by Crippen LogP contribution is -2.48. The first-order chi connectivity index (χ1) is 22.0. The third-order valence-corrected chi connectivity index (χ3v) is 8.68. The molecule has 0 spiro atoms. The maximum absolute atomic E-state index is 13.0. The summed E-state index contributed by atoms with van der Waals surface area (Å²) in [6.45, 7) is 0.451. The van der Waals surface area contributed by atoms with E-state index in [1.807, 2.05) is 0 Å². The van der Waals surface area contributed by atoms with Gasteiger partial charge in [0, 0.05) is 69.6 Å². The first kappa shape index (κ1) is 39.3. The van der Waals surface area contributed by atoms with Gasteiger partial charge >= 0.3 is 16.1 Å². The molecule has 17 heteroatoms. The minimum absolute atomic E-state index is 0.0100. The Balaban J connectivity index is 1.80. The molecule has 0 aliphatic carbocycles. The predicted octanol–water partition coefficient (Wildman–Crippen LogP) is 0.602. The summed E-state index contributed by atoms with van der Waals surface area (Å²) in [6.07, 6.45) is 4.94. The highest BCUT2D eigenvalue weighted by atomic mass is 32.2. The zero-order valence-electron chi connectivity index (χ0n) is 26.9. The number of nitrogens with zero attached hydrogens (tertiary/aromatic N) is 3. The monoisotopic (exact) mass is 685 g/mol. The molecule has 5 amide bonds. The van der Waals surface area contributed by atoms with E-state index in [2.05, 4.69) is 5.32 Å². The summed E-state index contributed by atoms with van der Waals surface area (Å²) in [6, 6.07) is 0. The molecule has 2 aliphatic rings. The van der Waals surface area contributed by atoms with Crippen molar-refractivity contribution in [3.63, 3.8) is 0 Å². The largest absolute Gasteiger partial charge is 0.350 e. The van der Waals surface area contributed by atoms with Crippen LogP contribution >= 0.6 is 0 Å². The van der Waals surface area contributed by atoms with Crippen LogP contribution < -0.4 is 5.32 Å².